The van der Waals surface area contributed by atoms with E-state index in [9.17, 15) is 13.2 Å². The molecule has 0 bridgehead atoms. The van der Waals surface area contributed by atoms with Crippen LogP contribution in [0.3, 0.4) is 0 Å². The van der Waals surface area contributed by atoms with Crippen LogP contribution in [0.2, 0.25) is 0 Å². The van der Waals surface area contributed by atoms with Crippen LogP contribution in [0.4, 0.5) is 0 Å². The van der Waals surface area contributed by atoms with Crippen molar-refractivity contribution in [2.24, 2.45) is 0 Å². The predicted octanol–water partition coefficient (Wildman–Crippen LogP) is 0.310. The van der Waals surface area contributed by atoms with Gasteiger partial charge in [0, 0.05) is 19.3 Å². The minimum absolute atomic E-state index is 0.0612. The quantitative estimate of drug-likeness (QED) is 0.816. The smallest absolute Gasteiger partial charge is 0.224 e. The molecule has 0 aliphatic rings. The van der Waals surface area contributed by atoms with E-state index in [0.717, 1.165) is 18.4 Å². The van der Waals surface area contributed by atoms with Gasteiger partial charge in [-0.05, 0) is 31.8 Å². The number of carbonyl (C=O) groups excluding carboxylic acids is 1. The molecule has 5 nitrogen and oxygen atoms in total. The van der Waals surface area contributed by atoms with Crippen LogP contribution in [0, 0.1) is 0 Å². The highest BCUT2D eigenvalue weighted by Crippen LogP contribution is 2.10. The maximum atomic E-state index is 11.6. The molecule has 0 atom stereocenters. The van der Waals surface area contributed by atoms with E-state index in [1.165, 1.54) is 12.1 Å². The third kappa shape index (κ3) is 5.85. The van der Waals surface area contributed by atoms with E-state index in [-0.39, 0.29) is 17.2 Å². The van der Waals surface area contributed by atoms with Crippen LogP contribution in [-0.2, 0) is 21.1 Å². The number of rotatable bonds is 6. The topological polar surface area (TPSA) is 66.5 Å². The molecule has 1 aromatic rings. The van der Waals surface area contributed by atoms with E-state index in [0.29, 0.717) is 6.54 Å². The molecule has 19 heavy (non-hydrogen) atoms. The van der Waals surface area contributed by atoms with Crippen molar-refractivity contribution in [2.75, 3.05) is 33.4 Å². The van der Waals surface area contributed by atoms with Crippen LogP contribution < -0.4 is 5.32 Å². The number of sulfone groups is 1. The van der Waals surface area contributed by atoms with Crippen molar-refractivity contribution < 1.29 is 13.2 Å². The van der Waals surface area contributed by atoms with E-state index in [1.54, 1.807) is 12.1 Å². The summed E-state index contributed by atoms with van der Waals surface area (Å²) in [5.74, 6) is -0.0612. The van der Waals surface area contributed by atoms with Gasteiger partial charge in [-0.25, -0.2) is 8.42 Å². The van der Waals surface area contributed by atoms with Gasteiger partial charge >= 0.3 is 0 Å². The Balaban J connectivity index is 2.52. The van der Waals surface area contributed by atoms with Gasteiger partial charge in [-0.3, -0.25) is 4.79 Å². The highest BCUT2D eigenvalue weighted by Gasteiger charge is 2.08. The average molecular weight is 284 g/mol. The zero-order valence-electron chi connectivity index (χ0n) is 11.5. The molecule has 1 N–H and O–H groups in total. The van der Waals surface area contributed by atoms with Gasteiger partial charge in [0.1, 0.15) is 0 Å². The lowest BCUT2D eigenvalue weighted by Gasteiger charge is -2.10. The second-order valence-corrected chi connectivity index (χ2v) is 6.76. The van der Waals surface area contributed by atoms with E-state index >= 15 is 0 Å². The van der Waals surface area contributed by atoms with Crippen molar-refractivity contribution in [1.82, 2.24) is 10.2 Å². The minimum Gasteiger partial charge on any atom is -0.355 e. The maximum Gasteiger partial charge on any atom is 0.224 e. The monoisotopic (exact) mass is 284 g/mol. The molecule has 106 valence electrons. The second kappa shape index (κ2) is 6.68. The summed E-state index contributed by atoms with van der Waals surface area (Å²) in [5.41, 5.74) is 0.801. The summed E-state index contributed by atoms with van der Waals surface area (Å²) in [6.07, 6.45) is 1.42. The first-order valence-corrected chi connectivity index (χ1v) is 7.88. The van der Waals surface area contributed by atoms with Gasteiger partial charge in [-0.1, -0.05) is 12.1 Å². The highest BCUT2D eigenvalue weighted by atomic mass is 32.2. The maximum absolute atomic E-state index is 11.6. The lowest BCUT2D eigenvalue weighted by atomic mass is 10.1. The van der Waals surface area contributed by atoms with Gasteiger partial charge in [0.15, 0.2) is 9.84 Å². The number of nitrogens with one attached hydrogen (secondary N) is 1. The summed E-state index contributed by atoms with van der Waals surface area (Å²) in [5, 5.41) is 2.81. The zero-order valence-corrected chi connectivity index (χ0v) is 12.3. The Labute approximate surface area is 114 Å². The van der Waals surface area contributed by atoms with Gasteiger partial charge in [0.2, 0.25) is 5.91 Å². The second-order valence-electron chi connectivity index (χ2n) is 4.75. The molecule has 0 fully saturated rings. The van der Waals surface area contributed by atoms with Gasteiger partial charge in [0.25, 0.3) is 0 Å². The Morgan fingerprint density at radius 3 is 2.26 bits per heavy atom. The summed E-state index contributed by atoms with van der Waals surface area (Å²) in [4.78, 5) is 13.9. The average Bonchev–Trinajstić information content (AvgIpc) is 2.27. The summed E-state index contributed by atoms with van der Waals surface area (Å²) in [6.45, 7) is 1.39. The number of hydrogen-bond acceptors (Lipinski definition) is 4. The Bertz CT molecular complexity index is 521. The van der Waals surface area contributed by atoms with Crippen molar-refractivity contribution in [3.05, 3.63) is 29.8 Å². The zero-order chi connectivity index (χ0) is 14.5. The van der Waals surface area contributed by atoms with Crippen LogP contribution >= 0.6 is 0 Å². The summed E-state index contributed by atoms with van der Waals surface area (Å²) < 4.78 is 22.6. The highest BCUT2D eigenvalue weighted by molar-refractivity contribution is 7.90. The Morgan fingerprint density at radius 2 is 1.79 bits per heavy atom. The Hall–Kier alpha value is -1.40. The molecule has 0 spiro atoms. The Morgan fingerprint density at radius 1 is 1.21 bits per heavy atom. The molecule has 1 aromatic carbocycles. The lowest BCUT2D eigenvalue weighted by molar-refractivity contribution is -0.120. The number of carbonyl (C=O) groups is 1. The normalized spacial score (nSPS) is 11.6. The number of likely N-dealkylation sites (N-methyl/N-ethyl adjacent to an activating group) is 1. The molecule has 0 aliphatic carbocycles. The fraction of sp³-hybridized carbons (Fsp3) is 0.462. The number of amides is 1. The van der Waals surface area contributed by atoms with Crippen LogP contribution in [0.25, 0.3) is 0 Å². The molecule has 1 amide bonds. The van der Waals surface area contributed by atoms with Gasteiger partial charge in [-0.15, -0.1) is 0 Å². The van der Waals surface area contributed by atoms with Crippen molar-refractivity contribution in [3.63, 3.8) is 0 Å². The van der Waals surface area contributed by atoms with Gasteiger partial charge in [-0.2, -0.15) is 0 Å². The van der Waals surface area contributed by atoms with E-state index in [4.69, 9.17) is 0 Å². The molecule has 0 radical (unpaired) electrons. The number of benzene rings is 1. The van der Waals surface area contributed by atoms with Crippen molar-refractivity contribution in [3.8, 4) is 0 Å². The summed E-state index contributed by atoms with van der Waals surface area (Å²) in [7, 11) is 0.703. The van der Waals surface area contributed by atoms with E-state index in [2.05, 4.69) is 5.32 Å². The Kier molecular flexibility index (Phi) is 5.50. The molecule has 0 saturated heterocycles. The van der Waals surface area contributed by atoms with E-state index in [1.807, 2.05) is 19.0 Å². The molecule has 1 rings (SSSR count). The molecule has 0 unspecified atom stereocenters. The largest absolute Gasteiger partial charge is 0.355 e. The first-order chi connectivity index (χ1) is 8.79. The first-order valence-electron chi connectivity index (χ1n) is 5.99. The number of nitrogens with zero attached hydrogens (tertiary/aromatic N) is 1. The summed E-state index contributed by atoms with van der Waals surface area (Å²) >= 11 is 0. The minimum atomic E-state index is -3.18. The van der Waals surface area contributed by atoms with Gasteiger partial charge < -0.3 is 10.2 Å². The summed E-state index contributed by atoms with van der Waals surface area (Å²) in [6, 6.07) is 6.39. The molecular weight excluding hydrogens is 264 g/mol. The predicted molar refractivity (Wildman–Crippen MR) is 74.8 cm³/mol. The number of hydrogen-bond donors (Lipinski definition) is 1. The van der Waals surface area contributed by atoms with Gasteiger partial charge in [0.05, 0.1) is 11.3 Å². The van der Waals surface area contributed by atoms with E-state index < -0.39 is 9.84 Å². The third-order valence-electron chi connectivity index (χ3n) is 2.60. The fourth-order valence-corrected chi connectivity index (χ4v) is 2.15. The van der Waals surface area contributed by atoms with Crippen molar-refractivity contribution >= 4 is 15.7 Å². The fourth-order valence-electron chi connectivity index (χ4n) is 1.52. The molecular formula is C13H20N2O3S. The standard InChI is InChI=1S/C13H20N2O3S/c1-15(2)9-8-14-13(16)10-11-4-6-12(7-5-11)19(3,17)18/h4-7H,8-10H2,1-3H3,(H,14,16). The molecule has 0 aromatic heterocycles. The first kappa shape index (κ1) is 15.7. The van der Waals surface area contributed by atoms with Crippen LogP contribution in [0.5, 0.6) is 0 Å². The van der Waals surface area contributed by atoms with Crippen molar-refractivity contribution in [1.29, 1.82) is 0 Å². The van der Waals surface area contributed by atoms with Crippen LogP contribution in [0.1, 0.15) is 5.56 Å². The molecule has 6 heteroatoms. The molecule has 0 aliphatic heterocycles. The SMILES string of the molecule is CN(C)CCNC(=O)Cc1ccc(S(C)(=O)=O)cc1. The van der Waals surface area contributed by atoms with Crippen LogP contribution in [0.15, 0.2) is 29.2 Å². The molecule has 0 saturated carbocycles. The van der Waals surface area contributed by atoms with Crippen LogP contribution in [-0.4, -0.2) is 52.7 Å². The van der Waals surface area contributed by atoms with Crippen molar-refractivity contribution in [2.45, 2.75) is 11.3 Å². The lowest BCUT2D eigenvalue weighted by Crippen LogP contribution is -2.32. The molecule has 0 heterocycles. The third-order valence-corrected chi connectivity index (χ3v) is 3.73.